The molecule has 1 aliphatic heterocycles. The Hall–Kier alpha value is -0.620. The van der Waals surface area contributed by atoms with E-state index in [4.69, 9.17) is 9.84 Å². The van der Waals surface area contributed by atoms with Crippen molar-refractivity contribution in [2.75, 3.05) is 24.7 Å². The zero-order valence-corrected chi connectivity index (χ0v) is 9.55. The molecule has 1 saturated heterocycles. The molecule has 88 valence electrons. The van der Waals surface area contributed by atoms with Crippen LogP contribution in [-0.4, -0.2) is 44.2 Å². The fourth-order valence-corrected chi connectivity index (χ4v) is 3.90. The molecule has 0 bridgehead atoms. The van der Waals surface area contributed by atoms with E-state index >= 15 is 0 Å². The minimum atomic E-state index is -3.17. The van der Waals surface area contributed by atoms with Crippen LogP contribution < -0.4 is 0 Å². The van der Waals surface area contributed by atoms with Gasteiger partial charge in [0.1, 0.15) is 0 Å². The van der Waals surface area contributed by atoms with Crippen molar-refractivity contribution in [1.82, 2.24) is 0 Å². The molecule has 1 rings (SSSR count). The molecule has 15 heavy (non-hydrogen) atoms. The third-order valence-corrected chi connectivity index (χ3v) is 4.59. The molecule has 0 aromatic heterocycles. The summed E-state index contributed by atoms with van der Waals surface area (Å²) in [5, 5.41) is 9.08. The Morgan fingerprint density at radius 1 is 1.53 bits per heavy atom. The first-order valence-electron chi connectivity index (χ1n) is 4.93. The molecule has 5 nitrogen and oxygen atoms in total. The third kappa shape index (κ3) is 2.92. The highest BCUT2D eigenvalue weighted by Gasteiger charge is 2.47. The highest BCUT2D eigenvalue weighted by atomic mass is 32.2. The molecule has 1 N–H and O–H groups in total. The van der Waals surface area contributed by atoms with Crippen molar-refractivity contribution in [3.63, 3.8) is 0 Å². The lowest BCUT2D eigenvalue weighted by Gasteiger charge is -2.21. The molecule has 1 unspecified atom stereocenters. The number of ether oxygens (including phenoxy) is 1. The maximum Gasteiger partial charge on any atom is 0.310 e. The van der Waals surface area contributed by atoms with E-state index in [2.05, 4.69) is 0 Å². The lowest BCUT2D eigenvalue weighted by atomic mass is 9.84. The summed E-state index contributed by atoms with van der Waals surface area (Å²) in [5.74, 6) is -1.29. The number of sulfone groups is 1. The van der Waals surface area contributed by atoms with Crippen LogP contribution in [0.1, 0.15) is 19.8 Å². The molecule has 0 aromatic rings. The Morgan fingerprint density at radius 2 is 2.20 bits per heavy atom. The SMILES string of the molecule is CCOCCC1(C(=O)O)CCS(=O)(=O)C1. The fourth-order valence-electron chi connectivity index (χ4n) is 1.80. The summed E-state index contributed by atoms with van der Waals surface area (Å²) < 4.78 is 27.6. The van der Waals surface area contributed by atoms with Crippen LogP contribution in [0.4, 0.5) is 0 Å². The number of hydrogen-bond donors (Lipinski definition) is 1. The van der Waals surface area contributed by atoms with Crippen LogP contribution in [0.3, 0.4) is 0 Å². The summed E-state index contributed by atoms with van der Waals surface area (Å²) in [6.07, 6.45) is 0.479. The largest absolute Gasteiger partial charge is 0.481 e. The quantitative estimate of drug-likeness (QED) is 0.694. The van der Waals surface area contributed by atoms with Gasteiger partial charge in [-0.25, -0.2) is 8.42 Å². The Morgan fingerprint density at radius 3 is 2.60 bits per heavy atom. The molecular weight excluding hydrogens is 220 g/mol. The highest BCUT2D eigenvalue weighted by Crippen LogP contribution is 2.35. The standard InChI is InChI=1S/C9H16O5S/c1-2-14-5-3-9(8(10)11)4-6-15(12,13)7-9/h2-7H2,1H3,(H,10,11). The minimum absolute atomic E-state index is 0.0224. The maximum absolute atomic E-state index is 11.3. The molecule has 0 radical (unpaired) electrons. The summed E-state index contributed by atoms with van der Waals surface area (Å²) >= 11 is 0. The van der Waals surface area contributed by atoms with Crippen LogP contribution >= 0.6 is 0 Å². The molecule has 1 heterocycles. The van der Waals surface area contributed by atoms with Crippen LogP contribution in [0.25, 0.3) is 0 Å². The van der Waals surface area contributed by atoms with E-state index in [9.17, 15) is 13.2 Å². The Bertz CT molecular complexity index is 334. The van der Waals surface area contributed by atoms with Crippen molar-refractivity contribution in [1.29, 1.82) is 0 Å². The van der Waals surface area contributed by atoms with Crippen molar-refractivity contribution < 1.29 is 23.1 Å². The summed E-state index contributed by atoms with van der Waals surface area (Å²) in [4.78, 5) is 11.1. The van der Waals surface area contributed by atoms with Crippen molar-refractivity contribution in [2.45, 2.75) is 19.8 Å². The van der Waals surface area contributed by atoms with Crippen molar-refractivity contribution >= 4 is 15.8 Å². The zero-order chi connectivity index (χ0) is 11.5. The summed E-state index contributed by atoms with van der Waals surface area (Å²) in [6.45, 7) is 2.64. The number of rotatable bonds is 5. The van der Waals surface area contributed by atoms with Gasteiger partial charge in [0.2, 0.25) is 0 Å². The van der Waals surface area contributed by atoms with E-state index in [1.807, 2.05) is 6.92 Å². The van der Waals surface area contributed by atoms with Gasteiger partial charge in [-0.1, -0.05) is 0 Å². The summed E-state index contributed by atoms with van der Waals surface area (Å²) in [5.41, 5.74) is -1.12. The second kappa shape index (κ2) is 4.49. The van der Waals surface area contributed by atoms with E-state index in [-0.39, 0.29) is 24.3 Å². The van der Waals surface area contributed by atoms with Gasteiger partial charge in [-0.05, 0) is 19.8 Å². The van der Waals surface area contributed by atoms with Crippen LogP contribution in [0, 0.1) is 5.41 Å². The molecule has 0 aromatic carbocycles. The molecule has 0 amide bonds. The van der Waals surface area contributed by atoms with E-state index < -0.39 is 21.2 Å². The highest BCUT2D eigenvalue weighted by molar-refractivity contribution is 7.91. The first-order chi connectivity index (χ1) is 6.92. The van der Waals surface area contributed by atoms with Gasteiger partial charge in [-0.15, -0.1) is 0 Å². The third-order valence-electron chi connectivity index (χ3n) is 2.77. The molecule has 0 spiro atoms. The zero-order valence-electron chi connectivity index (χ0n) is 8.73. The van der Waals surface area contributed by atoms with Gasteiger partial charge in [0.25, 0.3) is 0 Å². The monoisotopic (exact) mass is 236 g/mol. The van der Waals surface area contributed by atoms with Crippen LogP contribution in [0.15, 0.2) is 0 Å². The van der Waals surface area contributed by atoms with E-state index in [0.29, 0.717) is 13.2 Å². The number of aliphatic carboxylic acids is 1. The van der Waals surface area contributed by atoms with Crippen molar-refractivity contribution in [3.05, 3.63) is 0 Å². The topological polar surface area (TPSA) is 80.7 Å². The molecule has 1 fully saturated rings. The predicted molar refractivity (Wildman–Crippen MR) is 54.4 cm³/mol. The Balaban J connectivity index is 2.70. The van der Waals surface area contributed by atoms with Gasteiger partial charge < -0.3 is 9.84 Å². The van der Waals surface area contributed by atoms with E-state index in [0.717, 1.165) is 0 Å². The first-order valence-corrected chi connectivity index (χ1v) is 6.75. The first kappa shape index (κ1) is 12.4. The normalized spacial score (nSPS) is 29.1. The predicted octanol–water partition coefficient (Wildman–Crippen LogP) is 0.303. The minimum Gasteiger partial charge on any atom is -0.481 e. The van der Waals surface area contributed by atoms with Crippen LogP contribution in [-0.2, 0) is 19.4 Å². The Kier molecular flexibility index (Phi) is 3.72. The number of carboxylic acid groups (broad SMARTS) is 1. The van der Waals surface area contributed by atoms with Crippen molar-refractivity contribution in [3.8, 4) is 0 Å². The average molecular weight is 236 g/mol. The van der Waals surface area contributed by atoms with E-state index in [1.165, 1.54) is 0 Å². The number of carbonyl (C=O) groups is 1. The fraction of sp³-hybridized carbons (Fsp3) is 0.889. The second-order valence-corrected chi connectivity index (χ2v) is 6.06. The molecule has 1 atom stereocenters. The van der Waals surface area contributed by atoms with Gasteiger partial charge in [0, 0.05) is 13.2 Å². The Labute approximate surface area is 89.3 Å². The van der Waals surface area contributed by atoms with Gasteiger partial charge in [-0.3, -0.25) is 4.79 Å². The van der Waals surface area contributed by atoms with Gasteiger partial charge in [0.05, 0.1) is 16.9 Å². The van der Waals surface area contributed by atoms with Gasteiger partial charge >= 0.3 is 5.97 Å². The van der Waals surface area contributed by atoms with Crippen LogP contribution in [0.5, 0.6) is 0 Å². The average Bonchev–Trinajstić information content (AvgIpc) is 2.44. The second-order valence-electron chi connectivity index (χ2n) is 3.87. The lowest BCUT2D eigenvalue weighted by Crippen LogP contribution is -2.33. The van der Waals surface area contributed by atoms with Gasteiger partial charge in [0.15, 0.2) is 9.84 Å². The molecule has 0 saturated carbocycles. The lowest BCUT2D eigenvalue weighted by molar-refractivity contribution is -0.148. The van der Waals surface area contributed by atoms with Crippen molar-refractivity contribution in [2.24, 2.45) is 5.41 Å². The molecule has 6 heteroatoms. The van der Waals surface area contributed by atoms with Crippen LogP contribution in [0.2, 0.25) is 0 Å². The van der Waals surface area contributed by atoms with Gasteiger partial charge in [-0.2, -0.15) is 0 Å². The summed E-state index contributed by atoms with van der Waals surface area (Å²) in [7, 11) is -3.17. The molecule has 1 aliphatic rings. The molecule has 0 aliphatic carbocycles. The smallest absolute Gasteiger partial charge is 0.310 e. The van der Waals surface area contributed by atoms with E-state index in [1.54, 1.807) is 0 Å². The molecular formula is C9H16O5S. The number of carboxylic acids is 1. The number of hydrogen-bond acceptors (Lipinski definition) is 4. The summed E-state index contributed by atoms with van der Waals surface area (Å²) in [6, 6.07) is 0. The maximum atomic E-state index is 11.3.